The highest BCUT2D eigenvalue weighted by Gasteiger charge is 2.10. The number of aromatic hydroxyl groups is 1. The van der Waals surface area contributed by atoms with Crippen molar-refractivity contribution in [2.45, 2.75) is 26.7 Å². The molecule has 0 aliphatic heterocycles. The van der Waals surface area contributed by atoms with Crippen LogP contribution in [0.25, 0.3) is 0 Å². The maximum atomic E-state index is 9.92. The topological polar surface area (TPSA) is 29.5 Å². The molecule has 4 heteroatoms. The van der Waals surface area contributed by atoms with Gasteiger partial charge in [0, 0.05) is 5.56 Å². The number of ether oxygens (including phenoxy) is 1. The molecule has 0 aliphatic rings. The van der Waals surface area contributed by atoms with Crippen LogP contribution < -0.4 is 4.74 Å². The fraction of sp³-hybridized carbons (Fsp3) is 0.385. The van der Waals surface area contributed by atoms with Crippen LogP contribution in [0.4, 0.5) is 0 Å². The lowest BCUT2D eigenvalue weighted by Gasteiger charge is -2.13. The molecule has 0 fully saturated rings. The highest BCUT2D eigenvalue weighted by Crippen LogP contribution is 2.32. The number of benzene rings is 1. The van der Waals surface area contributed by atoms with Gasteiger partial charge in [-0.2, -0.15) is 0 Å². The molecule has 2 nitrogen and oxygen atoms in total. The third-order valence-corrected chi connectivity index (χ3v) is 3.06. The summed E-state index contributed by atoms with van der Waals surface area (Å²) < 4.78 is 6.46. The first-order valence-corrected chi connectivity index (χ1v) is 6.98. The molecule has 0 radical (unpaired) electrons. The fourth-order valence-electron chi connectivity index (χ4n) is 1.50. The van der Waals surface area contributed by atoms with Gasteiger partial charge >= 0.3 is 0 Å². The van der Waals surface area contributed by atoms with E-state index in [1.165, 1.54) is 0 Å². The van der Waals surface area contributed by atoms with E-state index in [1.54, 1.807) is 0 Å². The third kappa shape index (κ3) is 4.36. The lowest BCUT2D eigenvalue weighted by molar-refractivity contribution is 0.360. The Hall–Kier alpha value is -0.480. The first-order chi connectivity index (χ1) is 7.91. The molecule has 0 bridgehead atoms. The lowest BCUT2D eigenvalue weighted by atomic mass is 9.99. The van der Waals surface area contributed by atoms with Crippen LogP contribution in [0.1, 0.15) is 30.9 Å². The van der Waals surface area contributed by atoms with Gasteiger partial charge in [-0.05, 0) is 68.5 Å². The zero-order chi connectivity index (χ0) is 13.0. The molecule has 0 amide bonds. The Labute approximate surface area is 119 Å². The third-order valence-electron chi connectivity index (χ3n) is 2.41. The number of halogens is 2. The van der Waals surface area contributed by atoms with Gasteiger partial charge in [0.25, 0.3) is 0 Å². The summed E-state index contributed by atoms with van der Waals surface area (Å²) in [6, 6.07) is 3.74. The number of hydrogen-bond donors (Lipinski definition) is 1. The Morgan fingerprint density at radius 1 is 1.41 bits per heavy atom. The van der Waals surface area contributed by atoms with Gasteiger partial charge in [0.2, 0.25) is 0 Å². The molecule has 1 aromatic carbocycles. The quantitative estimate of drug-likeness (QED) is 0.829. The highest BCUT2D eigenvalue weighted by molar-refractivity contribution is 9.28. The summed E-state index contributed by atoms with van der Waals surface area (Å²) in [7, 11) is 0. The van der Waals surface area contributed by atoms with Crippen LogP contribution in [0.5, 0.6) is 11.5 Å². The van der Waals surface area contributed by atoms with Gasteiger partial charge in [-0.15, -0.1) is 0 Å². The van der Waals surface area contributed by atoms with Crippen LogP contribution in [0.3, 0.4) is 0 Å². The zero-order valence-electron chi connectivity index (χ0n) is 10.1. The van der Waals surface area contributed by atoms with E-state index in [2.05, 4.69) is 31.9 Å². The van der Waals surface area contributed by atoms with Gasteiger partial charge in [-0.25, -0.2) is 0 Å². The highest BCUT2D eigenvalue weighted by atomic mass is 79.9. The smallest absolute Gasteiger partial charge is 0.122 e. The maximum Gasteiger partial charge on any atom is 0.122 e. The van der Waals surface area contributed by atoms with Gasteiger partial charge in [-0.1, -0.05) is 13.8 Å². The van der Waals surface area contributed by atoms with Gasteiger partial charge in [-0.3, -0.25) is 0 Å². The Balaban J connectivity index is 2.91. The Bertz CT molecular complexity index is 422. The summed E-state index contributed by atoms with van der Waals surface area (Å²) >= 11 is 6.54. The molecule has 0 unspecified atom stereocenters. The number of rotatable bonds is 4. The van der Waals surface area contributed by atoms with E-state index in [-0.39, 0.29) is 5.92 Å². The second-order valence-corrected chi connectivity index (χ2v) is 6.91. The molecule has 1 N–H and O–H groups in total. The van der Waals surface area contributed by atoms with E-state index in [9.17, 15) is 5.11 Å². The fourth-order valence-corrected chi connectivity index (χ4v) is 1.76. The van der Waals surface area contributed by atoms with E-state index in [0.29, 0.717) is 12.4 Å². The SMILES string of the molecule is Cc1cc(OCC=C(Br)Br)cc(C(C)C)c1O. The van der Waals surface area contributed by atoms with Crippen molar-refractivity contribution in [3.63, 3.8) is 0 Å². The standard InChI is InChI=1S/C13H16Br2O2/c1-8(2)11-7-10(6-9(3)13(11)16)17-5-4-12(14)15/h4,6-8,16H,5H2,1-3H3. The van der Waals surface area contributed by atoms with E-state index < -0.39 is 0 Å². The Morgan fingerprint density at radius 2 is 2.06 bits per heavy atom. The number of phenolic OH excluding ortho intramolecular Hbond substituents is 1. The molecule has 0 aliphatic carbocycles. The van der Waals surface area contributed by atoms with Gasteiger partial charge in [0.05, 0.1) is 3.39 Å². The van der Waals surface area contributed by atoms with Gasteiger partial charge in [0.15, 0.2) is 0 Å². The molecular weight excluding hydrogens is 348 g/mol. The number of aryl methyl sites for hydroxylation is 1. The van der Waals surface area contributed by atoms with Crippen molar-refractivity contribution in [3.8, 4) is 11.5 Å². The second-order valence-electron chi connectivity index (χ2n) is 4.14. The summed E-state index contributed by atoms with van der Waals surface area (Å²) in [6.07, 6.45) is 1.87. The van der Waals surface area contributed by atoms with E-state index >= 15 is 0 Å². The van der Waals surface area contributed by atoms with Crippen LogP contribution in [0.15, 0.2) is 21.6 Å². The molecule has 0 atom stereocenters. The molecule has 0 heterocycles. The second kappa shape index (κ2) is 6.45. The van der Waals surface area contributed by atoms with Crippen molar-refractivity contribution in [1.82, 2.24) is 0 Å². The van der Waals surface area contributed by atoms with Crippen molar-refractivity contribution >= 4 is 31.9 Å². The molecule has 0 saturated heterocycles. The number of phenols is 1. The van der Waals surface area contributed by atoms with Crippen LogP contribution in [-0.4, -0.2) is 11.7 Å². The van der Waals surface area contributed by atoms with Gasteiger partial charge in [0.1, 0.15) is 18.1 Å². The van der Waals surface area contributed by atoms with Crippen LogP contribution in [-0.2, 0) is 0 Å². The minimum absolute atomic E-state index is 0.274. The summed E-state index contributed by atoms with van der Waals surface area (Å²) in [5, 5.41) is 9.92. The van der Waals surface area contributed by atoms with Crippen molar-refractivity contribution in [2.24, 2.45) is 0 Å². The molecule has 1 rings (SSSR count). The Kier molecular flexibility index (Phi) is 5.53. The van der Waals surface area contributed by atoms with Crippen LogP contribution in [0.2, 0.25) is 0 Å². The molecular formula is C13H16Br2O2. The first-order valence-electron chi connectivity index (χ1n) is 5.39. The van der Waals surface area contributed by atoms with Gasteiger partial charge < -0.3 is 9.84 Å². The summed E-state index contributed by atoms with van der Waals surface area (Å²) in [6.45, 7) is 6.46. The predicted octanol–water partition coefficient (Wildman–Crippen LogP) is 4.83. The van der Waals surface area contributed by atoms with Crippen LogP contribution >= 0.6 is 31.9 Å². The molecule has 0 spiro atoms. The normalized spacial score (nSPS) is 10.5. The Morgan fingerprint density at radius 3 is 2.59 bits per heavy atom. The monoisotopic (exact) mass is 362 g/mol. The minimum Gasteiger partial charge on any atom is -0.507 e. The largest absolute Gasteiger partial charge is 0.507 e. The molecule has 17 heavy (non-hydrogen) atoms. The minimum atomic E-state index is 0.274. The lowest BCUT2D eigenvalue weighted by Crippen LogP contribution is -1.97. The van der Waals surface area contributed by atoms with E-state index in [4.69, 9.17) is 4.74 Å². The molecule has 0 saturated carbocycles. The molecule has 0 aromatic heterocycles. The predicted molar refractivity (Wildman–Crippen MR) is 78.4 cm³/mol. The van der Waals surface area contributed by atoms with Crippen molar-refractivity contribution < 1.29 is 9.84 Å². The van der Waals surface area contributed by atoms with E-state index in [0.717, 1.165) is 20.3 Å². The molecule has 94 valence electrons. The molecule has 1 aromatic rings. The van der Waals surface area contributed by atoms with Crippen molar-refractivity contribution in [3.05, 3.63) is 32.7 Å². The first kappa shape index (κ1) is 14.6. The average molecular weight is 364 g/mol. The summed E-state index contributed by atoms with van der Waals surface area (Å²) in [5.74, 6) is 1.42. The van der Waals surface area contributed by atoms with Crippen molar-refractivity contribution in [2.75, 3.05) is 6.61 Å². The summed E-state index contributed by atoms with van der Waals surface area (Å²) in [5.41, 5.74) is 1.76. The van der Waals surface area contributed by atoms with E-state index in [1.807, 2.05) is 39.0 Å². The zero-order valence-corrected chi connectivity index (χ0v) is 13.3. The summed E-state index contributed by atoms with van der Waals surface area (Å²) in [4.78, 5) is 0. The number of hydrogen-bond acceptors (Lipinski definition) is 2. The maximum absolute atomic E-state index is 9.92. The average Bonchev–Trinajstić information content (AvgIpc) is 2.22. The van der Waals surface area contributed by atoms with Crippen LogP contribution in [0, 0.1) is 6.92 Å². The van der Waals surface area contributed by atoms with Crippen molar-refractivity contribution in [1.29, 1.82) is 0 Å².